The molecule has 2 aromatic rings. The number of amides is 1. The third-order valence-electron chi connectivity index (χ3n) is 6.87. The average molecular weight is 470 g/mol. The summed E-state index contributed by atoms with van der Waals surface area (Å²) in [6.07, 6.45) is 0. The lowest BCUT2D eigenvalue weighted by Gasteiger charge is -2.55. The van der Waals surface area contributed by atoms with E-state index in [1.54, 1.807) is 18.9 Å². The maximum atomic E-state index is 13.0. The second-order valence-electron chi connectivity index (χ2n) is 8.87. The number of methoxy groups -OCH3 is 1. The van der Waals surface area contributed by atoms with Crippen molar-refractivity contribution in [1.82, 2.24) is 15.1 Å². The van der Waals surface area contributed by atoms with Crippen LogP contribution in [0.3, 0.4) is 0 Å². The number of carboxylic acid groups (broad SMARTS) is 1. The molecule has 4 bridgehead atoms. The van der Waals surface area contributed by atoms with Gasteiger partial charge in [-0.15, -0.1) is 11.8 Å². The van der Waals surface area contributed by atoms with Crippen molar-refractivity contribution in [3.8, 4) is 5.75 Å². The van der Waals surface area contributed by atoms with E-state index in [-0.39, 0.29) is 23.8 Å². The number of hydrogen-bond donors (Lipinski definition) is 2. The van der Waals surface area contributed by atoms with Gasteiger partial charge in [0.05, 0.1) is 12.9 Å². The van der Waals surface area contributed by atoms with Gasteiger partial charge in [-0.2, -0.15) is 0 Å². The van der Waals surface area contributed by atoms with Crippen LogP contribution in [-0.4, -0.2) is 85.5 Å². The first-order valence-electron chi connectivity index (χ1n) is 11.2. The van der Waals surface area contributed by atoms with Crippen LogP contribution in [0.1, 0.15) is 5.56 Å². The molecule has 7 nitrogen and oxygen atoms in total. The zero-order valence-electron chi connectivity index (χ0n) is 18.9. The van der Waals surface area contributed by atoms with Gasteiger partial charge in [0.25, 0.3) is 6.47 Å². The summed E-state index contributed by atoms with van der Waals surface area (Å²) in [6.45, 7) is 6.24. The zero-order chi connectivity index (χ0) is 23.3. The Bertz CT molecular complexity index is 942. The average Bonchev–Trinajstić information content (AvgIpc) is 3.09. The van der Waals surface area contributed by atoms with Gasteiger partial charge in [0.15, 0.2) is 0 Å². The minimum atomic E-state index is -0.250. The van der Waals surface area contributed by atoms with Crippen molar-refractivity contribution >= 4 is 24.1 Å². The number of carbonyl (C=O) groups is 2. The van der Waals surface area contributed by atoms with Gasteiger partial charge in [-0.05, 0) is 23.8 Å². The van der Waals surface area contributed by atoms with E-state index in [1.807, 2.05) is 24.3 Å². The second kappa shape index (κ2) is 10.6. The third-order valence-corrected chi connectivity index (χ3v) is 7.87. The molecule has 0 radical (unpaired) electrons. The molecule has 4 heterocycles. The number of fused-ring (bicyclic) bond motifs is 1. The van der Waals surface area contributed by atoms with Crippen molar-refractivity contribution in [1.29, 1.82) is 0 Å². The number of ether oxygens (including phenoxy) is 1. The van der Waals surface area contributed by atoms with Gasteiger partial charge in [0.2, 0.25) is 5.91 Å². The van der Waals surface area contributed by atoms with E-state index in [0.29, 0.717) is 11.7 Å². The maximum Gasteiger partial charge on any atom is 0.290 e. The first-order chi connectivity index (χ1) is 16.1. The summed E-state index contributed by atoms with van der Waals surface area (Å²) in [4.78, 5) is 27.7. The van der Waals surface area contributed by atoms with E-state index in [4.69, 9.17) is 14.6 Å². The normalized spacial score (nSPS) is 29.4. The molecule has 4 aliphatic heterocycles. The monoisotopic (exact) mass is 469 g/mol. The van der Waals surface area contributed by atoms with Crippen molar-refractivity contribution in [3.05, 3.63) is 60.2 Å². The zero-order valence-corrected chi connectivity index (χ0v) is 19.7. The van der Waals surface area contributed by atoms with Crippen LogP contribution in [0, 0.1) is 5.92 Å². The molecule has 4 saturated heterocycles. The highest BCUT2D eigenvalue weighted by molar-refractivity contribution is 8.00. The second-order valence-corrected chi connectivity index (χ2v) is 9.92. The van der Waals surface area contributed by atoms with Crippen LogP contribution in [0.5, 0.6) is 5.75 Å². The molecule has 2 aromatic carbocycles. The third kappa shape index (κ3) is 5.18. The summed E-state index contributed by atoms with van der Waals surface area (Å²) < 4.78 is 5.30. The number of nitrogens with one attached hydrogen (secondary N) is 1. The molecule has 8 heteroatoms. The first kappa shape index (κ1) is 23.6. The van der Waals surface area contributed by atoms with Crippen molar-refractivity contribution in [3.63, 3.8) is 0 Å². The van der Waals surface area contributed by atoms with Gasteiger partial charge in [0, 0.05) is 61.5 Å². The van der Waals surface area contributed by atoms with E-state index < -0.39 is 0 Å². The molecule has 4 aliphatic rings. The Morgan fingerprint density at radius 3 is 2.45 bits per heavy atom. The molecule has 2 N–H and O–H groups in total. The lowest BCUT2D eigenvalue weighted by atomic mass is 9.64. The van der Waals surface area contributed by atoms with Crippen LogP contribution in [0.15, 0.2) is 59.5 Å². The van der Waals surface area contributed by atoms with Crippen molar-refractivity contribution in [2.75, 3.05) is 52.1 Å². The minimum absolute atomic E-state index is 0.0325. The Balaban J connectivity index is 0.000000821. The molecule has 0 aliphatic carbocycles. The summed E-state index contributed by atoms with van der Waals surface area (Å²) in [7, 11) is 1.67. The van der Waals surface area contributed by atoms with Crippen LogP contribution in [-0.2, 0) is 15.0 Å². The van der Waals surface area contributed by atoms with Gasteiger partial charge in [-0.25, -0.2) is 0 Å². The van der Waals surface area contributed by atoms with E-state index >= 15 is 0 Å². The van der Waals surface area contributed by atoms with E-state index in [2.05, 4.69) is 45.4 Å². The number of hydrogen-bond acceptors (Lipinski definition) is 6. The Kier molecular flexibility index (Phi) is 7.57. The molecule has 3 unspecified atom stereocenters. The number of thioether (sulfide) groups is 1. The minimum Gasteiger partial charge on any atom is -0.497 e. The summed E-state index contributed by atoms with van der Waals surface area (Å²) in [5.74, 6) is 1.85. The number of piperidine rings is 2. The van der Waals surface area contributed by atoms with Gasteiger partial charge in [-0.3, -0.25) is 9.59 Å². The molecule has 176 valence electrons. The lowest BCUT2D eigenvalue weighted by Crippen LogP contribution is -2.70. The van der Waals surface area contributed by atoms with Gasteiger partial charge in [0.1, 0.15) is 5.75 Å². The molecular formula is C25H31N3O4S. The summed E-state index contributed by atoms with van der Waals surface area (Å²) in [5.41, 5.74) is 1.33. The van der Waals surface area contributed by atoms with Gasteiger partial charge in [-0.1, -0.05) is 36.4 Å². The van der Waals surface area contributed by atoms with Crippen LogP contribution < -0.4 is 10.1 Å². The summed E-state index contributed by atoms with van der Waals surface area (Å²) in [5, 5.41) is 10.4. The molecule has 3 atom stereocenters. The van der Waals surface area contributed by atoms with Crippen LogP contribution in [0.25, 0.3) is 0 Å². The predicted molar refractivity (Wildman–Crippen MR) is 129 cm³/mol. The highest BCUT2D eigenvalue weighted by Gasteiger charge is 2.55. The van der Waals surface area contributed by atoms with Crippen LogP contribution in [0.2, 0.25) is 0 Å². The SMILES string of the molecule is COc1cccc(SCC(=O)NC2C3CN4CCN(C3)CC2(c2ccccc2)C4)c1.O=CO. The predicted octanol–water partition coefficient (Wildman–Crippen LogP) is 2.17. The van der Waals surface area contributed by atoms with Gasteiger partial charge < -0.3 is 25.0 Å². The molecule has 0 saturated carbocycles. The largest absolute Gasteiger partial charge is 0.497 e. The first-order valence-corrected chi connectivity index (χ1v) is 12.2. The maximum absolute atomic E-state index is 13.0. The van der Waals surface area contributed by atoms with Crippen LogP contribution >= 0.6 is 11.8 Å². The molecular weight excluding hydrogens is 438 g/mol. The molecule has 1 amide bonds. The van der Waals surface area contributed by atoms with Crippen molar-refractivity contribution in [2.45, 2.75) is 16.4 Å². The fraction of sp³-hybridized carbons (Fsp3) is 0.440. The molecule has 0 aromatic heterocycles. The summed E-state index contributed by atoms with van der Waals surface area (Å²) in [6, 6.07) is 18.9. The molecule has 33 heavy (non-hydrogen) atoms. The Hall–Kier alpha value is -2.55. The Morgan fingerprint density at radius 2 is 1.82 bits per heavy atom. The van der Waals surface area contributed by atoms with E-state index in [1.165, 1.54) is 5.56 Å². The van der Waals surface area contributed by atoms with Crippen molar-refractivity contribution < 1.29 is 19.4 Å². The number of rotatable bonds is 6. The van der Waals surface area contributed by atoms with Crippen LogP contribution in [0.4, 0.5) is 0 Å². The van der Waals surface area contributed by atoms with Gasteiger partial charge >= 0.3 is 0 Å². The molecule has 4 fully saturated rings. The number of nitrogens with zero attached hydrogens (tertiary/aromatic N) is 2. The number of carbonyl (C=O) groups excluding carboxylic acids is 1. The number of benzene rings is 2. The van der Waals surface area contributed by atoms with E-state index in [9.17, 15) is 4.79 Å². The topological polar surface area (TPSA) is 82.1 Å². The molecule has 0 spiro atoms. The molecule has 6 rings (SSSR count). The van der Waals surface area contributed by atoms with E-state index in [0.717, 1.165) is 49.9 Å². The standard InChI is InChI=1S/C24H29N3O2S.CH2O2/c1-29-20-8-5-9-21(12-20)30-15-22(28)25-23-18-13-26-10-11-27(14-18)17-24(23,16-26)19-6-3-2-4-7-19;2-1-3/h2-9,12,18,23H,10-11,13-17H2,1H3,(H,25,28);1H,(H,2,3). The highest BCUT2D eigenvalue weighted by Crippen LogP contribution is 2.43. The van der Waals surface area contributed by atoms with Crippen molar-refractivity contribution in [2.24, 2.45) is 5.92 Å². The fourth-order valence-electron chi connectivity index (χ4n) is 5.62. The smallest absolute Gasteiger partial charge is 0.290 e. The highest BCUT2D eigenvalue weighted by atomic mass is 32.2. The Morgan fingerprint density at radius 1 is 1.15 bits per heavy atom. The fourth-order valence-corrected chi connectivity index (χ4v) is 6.38. The Labute approximate surface area is 199 Å². The summed E-state index contributed by atoms with van der Waals surface area (Å²) >= 11 is 1.57. The quantitative estimate of drug-likeness (QED) is 0.496. The lowest BCUT2D eigenvalue weighted by molar-refractivity contribution is -0.123.